The highest BCUT2D eigenvalue weighted by Gasteiger charge is 2.02. The molecule has 0 heteroatoms. The molecule has 0 aliphatic heterocycles. The van der Waals surface area contributed by atoms with E-state index in [2.05, 4.69) is 295 Å². The van der Waals surface area contributed by atoms with Crippen LogP contribution in [-0.2, 0) is 57.8 Å². The van der Waals surface area contributed by atoms with Crippen molar-refractivity contribution in [2.45, 2.75) is 203 Å². The number of benzene rings is 11. The summed E-state index contributed by atoms with van der Waals surface area (Å²) in [5.74, 6) is 0. The van der Waals surface area contributed by atoms with E-state index in [1.54, 1.807) is 0 Å². The smallest absolute Gasteiger partial charge is 0.00665 e. The maximum Gasteiger partial charge on any atom is -0.00665 e. The SMILES string of the molecule is C=C(Cc1ccccc1)Cc1ccccc1.C=C(Cc1ccccc1)Cc1ccccc1.C=C(Cc1ccccc1)Cc1ccccc1.CC.CC.CC.CC.CC.CC.CC.CC.CC.CCc1ccc2ccccc2c1.CCc1cccc2ccccc12.CCc1ccccc1. The lowest BCUT2D eigenvalue weighted by Gasteiger charge is -2.05. The molecule has 11 aromatic rings. The fourth-order valence-corrected chi connectivity index (χ4v) is 9.27. The highest BCUT2D eigenvalue weighted by atomic mass is 14.1. The third-order valence-corrected chi connectivity index (χ3v) is 13.5. The molecule has 0 atom stereocenters. The minimum absolute atomic E-state index is 0.968. The first-order valence-corrected chi connectivity index (χ1v) is 37.5. The van der Waals surface area contributed by atoms with Gasteiger partial charge in [-0.05, 0) is 129 Å². The van der Waals surface area contributed by atoms with E-state index < -0.39 is 0 Å². The van der Waals surface area contributed by atoms with Gasteiger partial charge in [0.25, 0.3) is 0 Å². The van der Waals surface area contributed by atoms with Crippen LogP contribution in [0.3, 0.4) is 0 Å². The van der Waals surface area contributed by atoms with Crippen LogP contribution in [0, 0.1) is 0 Å². The summed E-state index contributed by atoms with van der Waals surface area (Å²) in [7, 11) is 0. The van der Waals surface area contributed by atoms with Gasteiger partial charge in [-0.15, -0.1) is 0 Å². The quantitative estimate of drug-likeness (QED) is 0.0898. The molecule has 0 aromatic heterocycles. The van der Waals surface area contributed by atoms with Gasteiger partial charge >= 0.3 is 0 Å². The fraction of sp³-hybridized carbons (Fsp3) is 0.306. The van der Waals surface area contributed by atoms with Crippen LogP contribution in [0.5, 0.6) is 0 Å². The Kier molecular flexibility index (Phi) is 69.2. The number of hydrogen-bond acceptors (Lipinski definition) is 0. The lowest BCUT2D eigenvalue weighted by atomic mass is 10.00. The zero-order valence-corrected chi connectivity index (χ0v) is 65.8. The third kappa shape index (κ3) is 46.3. The van der Waals surface area contributed by atoms with E-state index in [0.29, 0.717) is 0 Å². The molecule has 0 saturated heterocycles. The molecule has 0 aliphatic carbocycles. The molecule has 528 valence electrons. The predicted molar refractivity (Wildman–Crippen MR) is 453 cm³/mol. The van der Waals surface area contributed by atoms with Crippen molar-refractivity contribution in [2.75, 3.05) is 0 Å². The van der Waals surface area contributed by atoms with E-state index in [1.165, 1.54) is 88.3 Å². The van der Waals surface area contributed by atoms with Crippen LogP contribution in [0.1, 0.15) is 195 Å². The molecule has 0 heterocycles. The lowest BCUT2D eigenvalue weighted by molar-refractivity contribution is 1.04. The van der Waals surface area contributed by atoms with Gasteiger partial charge < -0.3 is 0 Å². The Balaban J connectivity index is -0.000000520. The molecule has 11 rings (SSSR count). The number of fused-ring (bicyclic) bond motifs is 2. The largest absolute Gasteiger partial charge is 0.0992 e. The van der Waals surface area contributed by atoms with Crippen molar-refractivity contribution < 1.29 is 0 Å². The first-order valence-electron chi connectivity index (χ1n) is 37.5. The molecule has 98 heavy (non-hydrogen) atoms. The Hall–Kier alpha value is -8.84. The van der Waals surface area contributed by atoms with Crippen LogP contribution in [-0.4, -0.2) is 0 Å². The van der Waals surface area contributed by atoms with Crippen LogP contribution < -0.4 is 0 Å². The van der Waals surface area contributed by atoms with E-state index in [-0.39, 0.29) is 0 Å². The molecule has 0 fully saturated rings. The summed E-state index contributed by atoms with van der Waals surface area (Å²) in [6, 6.07) is 104. The van der Waals surface area contributed by atoms with Gasteiger partial charge in [0.2, 0.25) is 0 Å². The Morgan fingerprint density at radius 2 is 0.418 bits per heavy atom. The van der Waals surface area contributed by atoms with Crippen molar-refractivity contribution in [1.82, 2.24) is 0 Å². The second-order valence-corrected chi connectivity index (χ2v) is 20.1. The summed E-state index contributed by atoms with van der Waals surface area (Å²) < 4.78 is 0. The van der Waals surface area contributed by atoms with Crippen LogP contribution in [0.25, 0.3) is 21.5 Å². The monoisotopic (exact) mass is 1310 g/mol. The average Bonchev–Trinajstić information content (AvgIpc) is 0.907. The van der Waals surface area contributed by atoms with Gasteiger partial charge in [-0.1, -0.05) is 479 Å². The lowest BCUT2D eigenvalue weighted by Crippen LogP contribution is -1.93. The van der Waals surface area contributed by atoms with Gasteiger partial charge in [0.1, 0.15) is 0 Å². The summed E-state index contributed by atoms with van der Waals surface area (Å²) in [4.78, 5) is 0. The third-order valence-electron chi connectivity index (χ3n) is 13.5. The molecule has 0 radical (unpaired) electrons. The average molecular weight is 1310 g/mol. The molecule has 0 amide bonds. The summed E-state index contributed by atoms with van der Waals surface area (Å²) in [5.41, 5.74) is 16.1. The molecule has 0 spiro atoms. The van der Waals surface area contributed by atoms with Gasteiger partial charge in [0, 0.05) is 0 Å². The van der Waals surface area contributed by atoms with E-state index in [9.17, 15) is 0 Å². The zero-order valence-electron chi connectivity index (χ0n) is 65.8. The Morgan fingerprint density at radius 3 is 0.673 bits per heavy atom. The first-order chi connectivity index (χ1) is 48.3. The number of allylic oxidation sites excluding steroid dienone is 3. The summed E-state index contributed by atoms with van der Waals surface area (Å²) >= 11 is 0. The minimum atomic E-state index is 0.968. The normalized spacial score (nSPS) is 8.74. The zero-order chi connectivity index (χ0) is 74.2. The molecule has 0 bridgehead atoms. The maximum absolute atomic E-state index is 4.15. The number of rotatable bonds is 15. The first kappa shape index (κ1) is 95.6. The van der Waals surface area contributed by atoms with Crippen LogP contribution >= 0.6 is 0 Å². The van der Waals surface area contributed by atoms with Crippen molar-refractivity contribution in [3.8, 4) is 0 Å². The Morgan fingerprint density at radius 1 is 0.194 bits per heavy atom. The van der Waals surface area contributed by atoms with Crippen molar-refractivity contribution >= 4 is 21.5 Å². The van der Waals surface area contributed by atoms with Crippen LogP contribution in [0.4, 0.5) is 0 Å². The van der Waals surface area contributed by atoms with Crippen molar-refractivity contribution in [2.24, 2.45) is 0 Å². The molecule has 0 aliphatic rings. The molecular weight excluding hydrogens is 1180 g/mol. The van der Waals surface area contributed by atoms with E-state index in [0.717, 1.165) is 57.8 Å². The summed E-state index contributed by atoms with van der Waals surface area (Å²) in [6.07, 6.45) is 9.18. The van der Waals surface area contributed by atoms with Crippen molar-refractivity contribution in [3.63, 3.8) is 0 Å². The Labute approximate surface area is 604 Å². The van der Waals surface area contributed by atoms with Crippen LogP contribution in [0.2, 0.25) is 0 Å². The van der Waals surface area contributed by atoms with Crippen LogP contribution in [0.15, 0.2) is 334 Å². The van der Waals surface area contributed by atoms with Gasteiger partial charge in [-0.25, -0.2) is 0 Å². The molecule has 0 N–H and O–H groups in total. The molecule has 0 nitrogen and oxygen atoms in total. The summed E-state index contributed by atoms with van der Waals surface area (Å²) in [6.45, 7) is 55.0. The number of hydrogen-bond donors (Lipinski definition) is 0. The van der Waals surface area contributed by atoms with E-state index >= 15 is 0 Å². The maximum atomic E-state index is 4.15. The highest BCUT2D eigenvalue weighted by Crippen LogP contribution is 2.20. The molecule has 0 unspecified atom stereocenters. The minimum Gasteiger partial charge on any atom is -0.0992 e. The topological polar surface area (TPSA) is 0 Å². The molecule has 0 saturated carbocycles. The van der Waals surface area contributed by atoms with Crippen molar-refractivity contribution in [1.29, 1.82) is 0 Å². The summed E-state index contributed by atoms with van der Waals surface area (Å²) in [5, 5.41) is 5.41. The van der Waals surface area contributed by atoms with E-state index in [4.69, 9.17) is 0 Å². The fourth-order valence-electron chi connectivity index (χ4n) is 9.27. The highest BCUT2D eigenvalue weighted by molar-refractivity contribution is 5.85. The standard InChI is InChI=1S/3C16H16.2C12H12.C8H10.9C2H6/c3*1-14(12-15-8-4-2-5-9-15)13-16-10-6-3-7-11-16;1-2-10-7-5-8-11-6-3-4-9-12(10)11;1-2-10-7-8-11-5-3-4-6-12(11)9-10;1-2-8-6-4-3-5-7-8;9*1-2/h3*2-11H,1,12-13H2;2*3-9H,2H2,1H3;3-7H,2H2,1H3;9*1-2H3. The van der Waals surface area contributed by atoms with Gasteiger partial charge in [-0.3, -0.25) is 0 Å². The van der Waals surface area contributed by atoms with E-state index in [1.807, 2.05) is 167 Å². The van der Waals surface area contributed by atoms with Gasteiger partial charge in [0.15, 0.2) is 0 Å². The second kappa shape index (κ2) is 70.9. The number of aryl methyl sites for hydroxylation is 3. The van der Waals surface area contributed by atoms with Crippen molar-refractivity contribution in [3.05, 3.63) is 384 Å². The molecule has 11 aromatic carbocycles. The second-order valence-electron chi connectivity index (χ2n) is 20.1. The Bertz CT molecular complexity index is 3080. The van der Waals surface area contributed by atoms with Gasteiger partial charge in [-0.2, -0.15) is 0 Å². The predicted octanol–water partition coefficient (Wildman–Crippen LogP) is 30.4. The molecular formula is C98H136. The van der Waals surface area contributed by atoms with Gasteiger partial charge in [0.05, 0.1) is 0 Å².